The van der Waals surface area contributed by atoms with Gasteiger partial charge in [-0.1, -0.05) is 18.9 Å². The Morgan fingerprint density at radius 3 is 2.71 bits per heavy atom. The molecule has 21 heavy (non-hydrogen) atoms. The van der Waals surface area contributed by atoms with Crippen molar-refractivity contribution in [3.63, 3.8) is 0 Å². The van der Waals surface area contributed by atoms with Gasteiger partial charge in [-0.15, -0.1) is 5.10 Å². The molecule has 0 bridgehead atoms. The van der Waals surface area contributed by atoms with E-state index in [1.54, 1.807) is 4.90 Å². The van der Waals surface area contributed by atoms with E-state index in [4.69, 9.17) is 4.42 Å². The smallest absolute Gasteiger partial charge is 0.319 e. The SMILES string of the molecule is CC(C)CNCc1nnc(N2CCN(C)C(=O)C2(C)C)o1. The highest BCUT2D eigenvalue weighted by Gasteiger charge is 2.42. The summed E-state index contributed by atoms with van der Waals surface area (Å²) in [6, 6.07) is 0.419. The van der Waals surface area contributed by atoms with E-state index in [1.807, 2.05) is 25.8 Å². The molecule has 1 N–H and O–H groups in total. The standard InChI is InChI=1S/C14H25N5O2/c1-10(2)8-15-9-11-16-17-13(21-11)19-7-6-18(5)12(20)14(19,3)4/h10,15H,6-9H2,1-5H3. The van der Waals surface area contributed by atoms with Crippen LogP contribution in [0.2, 0.25) is 0 Å². The number of nitrogens with zero attached hydrogens (tertiary/aromatic N) is 4. The van der Waals surface area contributed by atoms with Gasteiger partial charge >= 0.3 is 6.01 Å². The van der Waals surface area contributed by atoms with Crippen LogP contribution in [0.25, 0.3) is 0 Å². The van der Waals surface area contributed by atoms with Crippen LogP contribution in [0.15, 0.2) is 4.42 Å². The van der Waals surface area contributed by atoms with Crippen LogP contribution in [0.1, 0.15) is 33.6 Å². The highest BCUT2D eigenvalue weighted by Crippen LogP contribution is 2.27. The van der Waals surface area contributed by atoms with Crippen molar-refractivity contribution >= 4 is 11.9 Å². The quantitative estimate of drug-likeness (QED) is 0.869. The molecule has 0 radical (unpaired) electrons. The third-order valence-electron chi connectivity index (χ3n) is 3.72. The van der Waals surface area contributed by atoms with Crippen molar-refractivity contribution in [3.05, 3.63) is 5.89 Å². The molecule has 1 aromatic rings. The van der Waals surface area contributed by atoms with E-state index >= 15 is 0 Å². The molecule has 1 fully saturated rings. The molecule has 1 aromatic heterocycles. The number of nitrogens with one attached hydrogen (secondary N) is 1. The van der Waals surface area contributed by atoms with E-state index in [2.05, 4.69) is 29.4 Å². The Morgan fingerprint density at radius 1 is 1.33 bits per heavy atom. The molecule has 2 heterocycles. The topological polar surface area (TPSA) is 74.5 Å². The lowest BCUT2D eigenvalue weighted by molar-refractivity contribution is -0.136. The lowest BCUT2D eigenvalue weighted by Crippen LogP contribution is -2.62. The number of likely N-dealkylation sites (N-methyl/N-ethyl adjacent to an activating group) is 1. The molecular formula is C14H25N5O2. The van der Waals surface area contributed by atoms with E-state index in [0.29, 0.717) is 37.5 Å². The first-order valence-corrected chi connectivity index (χ1v) is 7.38. The van der Waals surface area contributed by atoms with Gasteiger partial charge in [-0.2, -0.15) is 0 Å². The second kappa shape index (κ2) is 6.01. The molecule has 7 nitrogen and oxygen atoms in total. The Bertz CT molecular complexity index is 497. The summed E-state index contributed by atoms with van der Waals surface area (Å²) in [6.07, 6.45) is 0. The minimum Gasteiger partial charge on any atom is -0.407 e. The van der Waals surface area contributed by atoms with Gasteiger partial charge in [0.25, 0.3) is 0 Å². The third-order valence-corrected chi connectivity index (χ3v) is 3.72. The molecule has 1 amide bonds. The minimum atomic E-state index is -0.665. The lowest BCUT2D eigenvalue weighted by atomic mass is 9.98. The number of anilines is 1. The van der Waals surface area contributed by atoms with Crippen LogP contribution in [0.4, 0.5) is 6.01 Å². The maximum Gasteiger partial charge on any atom is 0.319 e. The molecule has 0 spiro atoms. The van der Waals surface area contributed by atoms with Gasteiger partial charge in [0.15, 0.2) is 0 Å². The van der Waals surface area contributed by atoms with Gasteiger partial charge in [-0.3, -0.25) is 4.79 Å². The zero-order valence-electron chi connectivity index (χ0n) is 13.5. The fraction of sp³-hybridized carbons (Fsp3) is 0.786. The maximum atomic E-state index is 12.3. The Balaban J connectivity index is 2.05. The number of aromatic nitrogens is 2. The molecular weight excluding hydrogens is 270 g/mol. The zero-order valence-corrected chi connectivity index (χ0v) is 13.5. The zero-order chi connectivity index (χ0) is 15.6. The summed E-state index contributed by atoms with van der Waals surface area (Å²) < 4.78 is 5.69. The second-order valence-corrected chi connectivity index (χ2v) is 6.44. The van der Waals surface area contributed by atoms with Gasteiger partial charge in [0, 0.05) is 20.1 Å². The molecule has 0 atom stereocenters. The first kappa shape index (κ1) is 15.8. The first-order valence-electron chi connectivity index (χ1n) is 7.38. The van der Waals surface area contributed by atoms with Crippen LogP contribution in [0, 0.1) is 5.92 Å². The summed E-state index contributed by atoms with van der Waals surface area (Å²) in [5.41, 5.74) is -0.665. The molecule has 0 aromatic carbocycles. The fourth-order valence-electron chi connectivity index (χ4n) is 2.44. The summed E-state index contributed by atoms with van der Waals surface area (Å²) in [5, 5.41) is 11.4. The molecule has 118 valence electrons. The normalized spacial score (nSPS) is 18.7. The number of hydrogen-bond donors (Lipinski definition) is 1. The van der Waals surface area contributed by atoms with Crippen LogP contribution in [0.5, 0.6) is 0 Å². The number of rotatable bonds is 5. The molecule has 2 rings (SSSR count). The van der Waals surface area contributed by atoms with Crippen molar-refractivity contribution in [2.45, 2.75) is 39.8 Å². The van der Waals surface area contributed by atoms with Crippen molar-refractivity contribution in [3.8, 4) is 0 Å². The first-order chi connectivity index (χ1) is 9.82. The fourth-order valence-corrected chi connectivity index (χ4v) is 2.44. The molecule has 0 aliphatic carbocycles. The van der Waals surface area contributed by atoms with Crippen LogP contribution in [0.3, 0.4) is 0 Å². The molecule has 7 heteroatoms. The van der Waals surface area contributed by atoms with Crippen LogP contribution >= 0.6 is 0 Å². The van der Waals surface area contributed by atoms with E-state index in [-0.39, 0.29) is 5.91 Å². The summed E-state index contributed by atoms with van der Waals surface area (Å²) in [5.74, 6) is 1.18. The van der Waals surface area contributed by atoms with Crippen molar-refractivity contribution in [1.82, 2.24) is 20.4 Å². The van der Waals surface area contributed by atoms with Gasteiger partial charge < -0.3 is 19.5 Å². The van der Waals surface area contributed by atoms with Crippen LogP contribution in [-0.4, -0.2) is 53.2 Å². The van der Waals surface area contributed by atoms with E-state index < -0.39 is 5.54 Å². The van der Waals surface area contributed by atoms with Crippen LogP contribution in [-0.2, 0) is 11.3 Å². The monoisotopic (exact) mass is 295 g/mol. The number of piperazine rings is 1. The molecule has 0 saturated carbocycles. The van der Waals surface area contributed by atoms with Gasteiger partial charge in [0.1, 0.15) is 5.54 Å². The van der Waals surface area contributed by atoms with E-state index in [1.165, 1.54) is 0 Å². The summed E-state index contributed by atoms with van der Waals surface area (Å²) >= 11 is 0. The Hall–Kier alpha value is -1.63. The van der Waals surface area contributed by atoms with Crippen molar-refractivity contribution in [1.29, 1.82) is 0 Å². The predicted octanol–water partition coefficient (Wildman–Crippen LogP) is 0.872. The Kier molecular flexibility index (Phi) is 4.51. The van der Waals surface area contributed by atoms with Crippen LogP contribution < -0.4 is 10.2 Å². The van der Waals surface area contributed by atoms with Crippen molar-refractivity contribution < 1.29 is 9.21 Å². The van der Waals surface area contributed by atoms with Crippen molar-refractivity contribution in [2.24, 2.45) is 5.92 Å². The Labute approximate surface area is 125 Å². The summed E-state index contributed by atoms with van der Waals surface area (Å²) in [4.78, 5) is 15.9. The van der Waals surface area contributed by atoms with E-state index in [9.17, 15) is 4.79 Å². The predicted molar refractivity (Wildman–Crippen MR) is 79.9 cm³/mol. The molecule has 1 aliphatic rings. The number of carbonyl (C=O) groups excluding carboxylic acids is 1. The number of carbonyl (C=O) groups is 1. The van der Waals surface area contributed by atoms with Gasteiger partial charge in [-0.05, 0) is 26.3 Å². The second-order valence-electron chi connectivity index (χ2n) is 6.44. The average molecular weight is 295 g/mol. The average Bonchev–Trinajstić information content (AvgIpc) is 2.84. The highest BCUT2D eigenvalue weighted by atomic mass is 16.4. The maximum absolute atomic E-state index is 12.3. The number of hydrogen-bond acceptors (Lipinski definition) is 6. The Morgan fingerprint density at radius 2 is 2.05 bits per heavy atom. The molecule has 1 saturated heterocycles. The lowest BCUT2D eigenvalue weighted by Gasteiger charge is -2.43. The third kappa shape index (κ3) is 3.34. The van der Waals surface area contributed by atoms with Gasteiger partial charge in [0.05, 0.1) is 6.54 Å². The van der Waals surface area contributed by atoms with Gasteiger partial charge in [0.2, 0.25) is 11.8 Å². The number of amides is 1. The summed E-state index contributed by atoms with van der Waals surface area (Å²) in [7, 11) is 1.82. The minimum absolute atomic E-state index is 0.0615. The molecule has 0 unspecified atom stereocenters. The largest absolute Gasteiger partial charge is 0.407 e. The van der Waals surface area contributed by atoms with E-state index in [0.717, 1.165) is 6.54 Å². The highest BCUT2D eigenvalue weighted by molar-refractivity contribution is 5.89. The van der Waals surface area contributed by atoms with Crippen molar-refractivity contribution in [2.75, 3.05) is 31.6 Å². The molecule has 1 aliphatic heterocycles. The van der Waals surface area contributed by atoms with Gasteiger partial charge in [-0.25, -0.2) is 0 Å². The summed E-state index contributed by atoms with van der Waals surface area (Å²) in [6.45, 7) is 10.8.